The van der Waals surface area contributed by atoms with Crippen LogP contribution in [-0.4, -0.2) is 9.97 Å². The minimum absolute atomic E-state index is 0.733. The lowest BCUT2D eigenvalue weighted by Gasteiger charge is -2.09. The molecule has 1 heterocycles. The second-order valence-corrected chi connectivity index (χ2v) is 5.09. The average molecular weight is 314 g/mol. The van der Waals surface area contributed by atoms with E-state index in [0.29, 0.717) is 0 Å². The number of aromatic nitrogens is 2. The number of hydrogen-bond acceptors (Lipinski definition) is 3. The molecule has 0 aliphatic carbocycles. The lowest BCUT2D eigenvalue weighted by molar-refractivity contribution is 1.04. The highest BCUT2D eigenvalue weighted by Crippen LogP contribution is 2.26. The van der Waals surface area contributed by atoms with Gasteiger partial charge in [0.1, 0.15) is 16.2 Å². The van der Waals surface area contributed by atoms with Gasteiger partial charge in [0.2, 0.25) is 0 Å². The Hall–Kier alpha value is -1.94. The van der Waals surface area contributed by atoms with Crippen molar-refractivity contribution in [1.29, 1.82) is 0 Å². The van der Waals surface area contributed by atoms with Gasteiger partial charge in [0.05, 0.1) is 0 Å². The Morgan fingerprint density at radius 1 is 1.00 bits per heavy atom. The number of rotatable bonds is 2. The van der Waals surface area contributed by atoms with Crippen LogP contribution in [0.15, 0.2) is 53.1 Å². The summed E-state index contributed by atoms with van der Waals surface area (Å²) in [5.74, 6) is 1.52. The van der Waals surface area contributed by atoms with Crippen LogP contribution in [-0.2, 0) is 0 Å². The third-order valence-corrected chi connectivity index (χ3v) is 3.27. The van der Waals surface area contributed by atoms with Crippen LogP contribution in [0.3, 0.4) is 0 Å². The molecule has 0 fully saturated rings. The molecule has 3 nitrogen and oxygen atoms in total. The van der Waals surface area contributed by atoms with E-state index in [2.05, 4.69) is 49.4 Å². The summed E-state index contributed by atoms with van der Waals surface area (Å²) in [4.78, 5) is 8.59. The highest BCUT2D eigenvalue weighted by molar-refractivity contribution is 9.10. The van der Waals surface area contributed by atoms with Gasteiger partial charge in [0, 0.05) is 17.1 Å². The maximum absolute atomic E-state index is 4.38. The summed E-state index contributed by atoms with van der Waals surface area (Å²) in [5, 5.41) is 5.73. The van der Waals surface area contributed by atoms with E-state index < -0.39 is 0 Å². The van der Waals surface area contributed by atoms with Gasteiger partial charge in [-0.05, 0) is 34.3 Å². The van der Waals surface area contributed by atoms with Gasteiger partial charge in [-0.3, -0.25) is 0 Å². The molecule has 3 rings (SSSR count). The van der Waals surface area contributed by atoms with Gasteiger partial charge >= 0.3 is 0 Å². The molecule has 19 heavy (non-hydrogen) atoms. The summed E-state index contributed by atoms with van der Waals surface area (Å²) < 4.78 is 0.780. The molecule has 0 unspecified atom stereocenters. The Morgan fingerprint density at radius 2 is 1.79 bits per heavy atom. The Morgan fingerprint density at radius 3 is 2.63 bits per heavy atom. The summed E-state index contributed by atoms with van der Waals surface area (Å²) in [6, 6.07) is 16.3. The smallest absolute Gasteiger partial charge is 0.135 e. The van der Waals surface area contributed by atoms with E-state index in [1.807, 2.05) is 37.3 Å². The predicted molar refractivity (Wildman–Crippen MR) is 81.7 cm³/mol. The number of fused-ring (bicyclic) bond motifs is 1. The van der Waals surface area contributed by atoms with Gasteiger partial charge in [-0.1, -0.05) is 36.4 Å². The first-order valence-electron chi connectivity index (χ1n) is 5.98. The van der Waals surface area contributed by atoms with Crippen LogP contribution in [0.5, 0.6) is 0 Å². The number of benzene rings is 2. The molecule has 1 aromatic heterocycles. The van der Waals surface area contributed by atoms with Crippen LogP contribution in [0.4, 0.5) is 11.5 Å². The molecular formula is C15H12BrN3. The van der Waals surface area contributed by atoms with Gasteiger partial charge in [0.25, 0.3) is 0 Å². The zero-order chi connectivity index (χ0) is 13.2. The van der Waals surface area contributed by atoms with E-state index >= 15 is 0 Å². The molecule has 2 aromatic carbocycles. The molecule has 0 aliphatic heterocycles. The van der Waals surface area contributed by atoms with E-state index in [4.69, 9.17) is 0 Å². The van der Waals surface area contributed by atoms with Crippen molar-refractivity contribution in [2.24, 2.45) is 0 Å². The Kier molecular flexibility index (Phi) is 3.17. The first kappa shape index (κ1) is 12.1. The lowest BCUT2D eigenvalue weighted by Crippen LogP contribution is -1.97. The van der Waals surface area contributed by atoms with Crippen molar-refractivity contribution in [2.75, 3.05) is 5.32 Å². The number of hydrogen-bond donors (Lipinski definition) is 1. The maximum Gasteiger partial charge on any atom is 0.135 e. The van der Waals surface area contributed by atoms with Gasteiger partial charge < -0.3 is 5.32 Å². The van der Waals surface area contributed by atoms with Crippen LogP contribution in [0.1, 0.15) is 5.82 Å². The molecule has 0 radical (unpaired) electrons. The summed E-state index contributed by atoms with van der Waals surface area (Å²) in [5.41, 5.74) is 1.04. The molecule has 0 spiro atoms. The van der Waals surface area contributed by atoms with E-state index in [1.165, 1.54) is 10.8 Å². The minimum atomic E-state index is 0.733. The highest BCUT2D eigenvalue weighted by Gasteiger charge is 2.03. The Labute approximate surface area is 119 Å². The number of nitrogens with zero attached hydrogens (tertiary/aromatic N) is 2. The molecule has 1 N–H and O–H groups in total. The standard InChI is InChI=1S/C15H12BrN3/c1-10-17-14(16)9-15(18-10)19-13-8-4-6-11-5-2-3-7-12(11)13/h2-9H,1H3,(H,17,18,19). The fraction of sp³-hybridized carbons (Fsp3) is 0.0667. The second kappa shape index (κ2) is 4.97. The third kappa shape index (κ3) is 2.58. The summed E-state index contributed by atoms with van der Waals surface area (Å²) in [6.07, 6.45) is 0. The van der Waals surface area contributed by atoms with Crippen LogP contribution in [0, 0.1) is 6.92 Å². The zero-order valence-electron chi connectivity index (χ0n) is 10.4. The predicted octanol–water partition coefficient (Wildman–Crippen LogP) is 4.44. The maximum atomic E-state index is 4.38. The van der Waals surface area contributed by atoms with Crippen molar-refractivity contribution < 1.29 is 0 Å². The summed E-state index contributed by atoms with van der Waals surface area (Å²) in [6.45, 7) is 1.87. The second-order valence-electron chi connectivity index (χ2n) is 4.27. The highest BCUT2D eigenvalue weighted by atomic mass is 79.9. The van der Waals surface area contributed by atoms with Gasteiger partial charge in [-0.25, -0.2) is 9.97 Å². The van der Waals surface area contributed by atoms with Crippen LogP contribution < -0.4 is 5.32 Å². The van der Waals surface area contributed by atoms with Crippen molar-refractivity contribution in [3.05, 3.63) is 59.0 Å². The first-order chi connectivity index (χ1) is 9.22. The molecule has 0 bridgehead atoms. The normalized spacial score (nSPS) is 10.6. The van der Waals surface area contributed by atoms with E-state index in [9.17, 15) is 0 Å². The Bertz CT molecular complexity index is 715. The molecule has 0 aliphatic rings. The minimum Gasteiger partial charge on any atom is -0.340 e. The molecule has 4 heteroatoms. The van der Waals surface area contributed by atoms with E-state index in [1.54, 1.807) is 0 Å². The summed E-state index contributed by atoms with van der Waals surface area (Å²) in [7, 11) is 0. The fourth-order valence-electron chi connectivity index (χ4n) is 2.07. The van der Waals surface area contributed by atoms with Crippen LogP contribution in [0.25, 0.3) is 10.8 Å². The lowest BCUT2D eigenvalue weighted by atomic mass is 10.1. The van der Waals surface area contributed by atoms with Crippen molar-refractivity contribution in [3.8, 4) is 0 Å². The number of aryl methyl sites for hydroxylation is 1. The van der Waals surface area contributed by atoms with Crippen LogP contribution in [0.2, 0.25) is 0 Å². The quantitative estimate of drug-likeness (QED) is 0.710. The molecule has 94 valence electrons. The van der Waals surface area contributed by atoms with Gasteiger partial charge in [-0.15, -0.1) is 0 Å². The van der Waals surface area contributed by atoms with Crippen molar-refractivity contribution >= 4 is 38.2 Å². The van der Waals surface area contributed by atoms with Gasteiger partial charge in [0.15, 0.2) is 0 Å². The van der Waals surface area contributed by atoms with Crippen LogP contribution >= 0.6 is 15.9 Å². The van der Waals surface area contributed by atoms with E-state index in [0.717, 1.165) is 21.9 Å². The average Bonchev–Trinajstić information content (AvgIpc) is 2.38. The molecular weight excluding hydrogens is 302 g/mol. The number of halogens is 1. The molecule has 0 saturated carbocycles. The third-order valence-electron chi connectivity index (χ3n) is 2.86. The topological polar surface area (TPSA) is 37.8 Å². The zero-order valence-corrected chi connectivity index (χ0v) is 12.0. The molecule has 0 atom stereocenters. The number of nitrogens with one attached hydrogen (secondary N) is 1. The fourth-order valence-corrected chi connectivity index (χ4v) is 2.54. The molecule has 3 aromatic rings. The van der Waals surface area contributed by atoms with Crippen molar-refractivity contribution in [3.63, 3.8) is 0 Å². The van der Waals surface area contributed by atoms with E-state index in [-0.39, 0.29) is 0 Å². The molecule has 0 saturated heterocycles. The Balaban J connectivity index is 2.05. The van der Waals surface area contributed by atoms with Crippen molar-refractivity contribution in [2.45, 2.75) is 6.92 Å². The first-order valence-corrected chi connectivity index (χ1v) is 6.78. The largest absolute Gasteiger partial charge is 0.340 e. The van der Waals surface area contributed by atoms with Crippen molar-refractivity contribution in [1.82, 2.24) is 9.97 Å². The molecule has 0 amide bonds. The SMILES string of the molecule is Cc1nc(Br)cc(Nc2cccc3ccccc23)n1. The number of anilines is 2. The van der Waals surface area contributed by atoms with Gasteiger partial charge in [-0.2, -0.15) is 0 Å². The monoisotopic (exact) mass is 313 g/mol. The summed E-state index contributed by atoms with van der Waals surface area (Å²) >= 11 is 3.38.